The van der Waals surface area contributed by atoms with Crippen molar-refractivity contribution in [1.82, 2.24) is 9.78 Å². The van der Waals surface area contributed by atoms with E-state index in [1.807, 2.05) is 0 Å². The Balaban J connectivity index is 2.04. The van der Waals surface area contributed by atoms with Crippen LogP contribution in [0.4, 0.5) is 13.2 Å². The number of rotatable bonds is 4. The van der Waals surface area contributed by atoms with Gasteiger partial charge in [-0.05, 0) is 28.8 Å². The van der Waals surface area contributed by atoms with Crippen LogP contribution in [0.2, 0.25) is 0 Å². The average molecular weight is 406 g/mol. The highest BCUT2D eigenvalue weighted by molar-refractivity contribution is 5.93. The molecule has 1 aromatic heterocycles. The number of hydrogen-bond donors (Lipinski definition) is 3. The molecule has 4 rings (SSSR count). The SMILES string of the molecule is Cn1cc(-c2cc(OCC(O)O)cc3c2-c2ccccc2C3(O)C(F)(F)F)cn1. The monoisotopic (exact) mass is 406 g/mol. The molecule has 0 saturated carbocycles. The van der Waals surface area contributed by atoms with Gasteiger partial charge in [-0.3, -0.25) is 4.68 Å². The highest BCUT2D eigenvalue weighted by Crippen LogP contribution is 2.58. The Kier molecular flexibility index (Phi) is 4.41. The van der Waals surface area contributed by atoms with Crippen molar-refractivity contribution >= 4 is 0 Å². The summed E-state index contributed by atoms with van der Waals surface area (Å²) in [6, 6.07) is 8.39. The molecule has 3 N–H and O–H groups in total. The molecule has 3 aromatic rings. The van der Waals surface area contributed by atoms with Crippen LogP contribution in [-0.4, -0.2) is 44.2 Å². The highest BCUT2D eigenvalue weighted by atomic mass is 19.4. The van der Waals surface area contributed by atoms with Gasteiger partial charge < -0.3 is 20.1 Å². The van der Waals surface area contributed by atoms with Crippen LogP contribution >= 0.6 is 0 Å². The van der Waals surface area contributed by atoms with Crippen molar-refractivity contribution in [2.75, 3.05) is 6.61 Å². The number of alkyl halides is 3. The second kappa shape index (κ2) is 6.58. The van der Waals surface area contributed by atoms with Gasteiger partial charge >= 0.3 is 6.18 Å². The third-order valence-electron chi connectivity index (χ3n) is 4.91. The first-order valence-electron chi connectivity index (χ1n) is 8.68. The van der Waals surface area contributed by atoms with Gasteiger partial charge in [-0.2, -0.15) is 18.3 Å². The molecular formula is C20H17F3N2O4. The first kappa shape index (κ1) is 19.4. The van der Waals surface area contributed by atoms with Crippen molar-refractivity contribution in [2.24, 2.45) is 7.05 Å². The van der Waals surface area contributed by atoms with Crippen molar-refractivity contribution in [1.29, 1.82) is 0 Å². The fourth-order valence-corrected chi connectivity index (χ4v) is 3.70. The lowest BCUT2D eigenvalue weighted by Gasteiger charge is -2.28. The number of fused-ring (bicyclic) bond motifs is 3. The Morgan fingerprint density at radius 1 is 1.14 bits per heavy atom. The van der Waals surface area contributed by atoms with Crippen molar-refractivity contribution in [3.05, 3.63) is 59.9 Å². The van der Waals surface area contributed by atoms with E-state index in [2.05, 4.69) is 5.10 Å². The summed E-state index contributed by atoms with van der Waals surface area (Å²) in [6.45, 7) is -0.539. The lowest BCUT2D eigenvalue weighted by atomic mass is 9.89. The number of aliphatic hydroxyl groups is 3. The predicted molar refractivity (Wildman–Crippen MR) is 96.9 cm³/mol. The molecule has 0 radical (unpaired) electrons. The van der Waals surface area contributed by atoms with Crippen LogP contribution in [0.3, 0.4) is 0 Å². The van der Waals surface area contributed by atoms with Crippen LogP contribution in [0.1, 0.15) is 11.1 Å². The summed E-state index contributed by atoms with van der Waals surface area (Å²) in [5.74, 6) is -0.0359. The molecule has 152 valence electrons. The number of ether oxygens (including phenoxy) is 1. The summed E-state index contributed by atoms with van der Waals surface area (Å²) in [5.41, 5.74) is -2.49. The van der Waals surface area contributed by atoms with Gasteiger partial charge in [0.25, 0.3) is 0 Å². The predicted octanol–water partition coefficient (Wildman–Crippen LogP) is 2.56. The average Bonchev–Trinajstić information content (AvgIpc) is 3.20. The number of halogens is 3. The van der Waals surface area contributed by atoms with Gasteiger partial charge in [0, 0.05) is 29.9 Å². The van der Waals surface area contributed by atoms with Gasteiger partial charge in [-0.25, -0.2) is 0 Å². The third-order valence-corrected chi connectivity index (χ3v) is 4.91. The molecule has 1 unspecified atom stereocenters. The van der Waals surface area contributed by atoms with E-state index in [1.54, 1.807) is 19.3 Å². The fourth-order valence-electron chi connectivity index (χ4n) is 3.70. The van der Waals surface area contributed by atoms with Gasteiger partial charge in [-0.15, -0.1) is 0 Å². The quantitative estimate of drug-likeness (QED) is 0.580. The molecule has 0 bridgehead atoms. The Labute approximate surface area is 163 Å². The summed E-state index contributed by atoms with van der Waals surface area (Å²) in [6.07, 6.45) is -3.67. The number of hydrogen-bond acceptors (Lipinski definition) is 5. The molecule has 6 nitrogen and oxygen atoms in total. The van der Waals surface area contributed by atoms with E-state index in [-0.39, 0.29) is 28.0 Å². The first-order valence-corrected chi connectivity index (χ1v) is 8.68. The summed E-state index contributed by atoms with van der Waals surface area (Å²) in [4.78, 5) is 0. The van der Waals surface area contributed by atoms with E-state index >= 15 is 0 Å². The third kappa shape index (κ3) is 2.98. The molecule has 0 fully saturated rings. The minimum atomic E-state index is -4.99. The van der Waals surface area contributed by atoms with Crippen molar-refractivity contribution in [2.45, 2.75) is 18.1 Å². The molecule has 1 aliphatic carbocycles. The zero-order valence-corrected chi connectivity index (χ0v) is 15.2. The normalized spacial score (nSPS) is 18.1. The van der Waals surface area contributed by atoms with E-state index in [4.69, 9.17) is 14.9 Å². The molecule has 1 aliphatic rings. The van der Waals surface area contributed by atoms with Gasteiger partial charge in [0.2, 0.25) is 5.60 Å². The van der Waals surface area contributed by atoms with Crippen LogP contribution in [0.15, 0.2) is 48.8 Å². The largest absolute Gasteiger partial charge is 0.488 e. The topological polar surface area (TPSA) is 87.7 Å². The van der Waals surface area contributed by atoms with Gasteiger partial charge in [-0.1, -0.05) is 24.3 Å². The summed E-state index contributed by atoms with van der Waals surface area (Å²) in [7, 11) is 1.67. The van der Waals surface area contributed by atoms with Gasteiger partial charge in [0.15, 0.2) is 6.29 Å². The zero-order chi connectivity index (χ0) is 21.0. The molecule has 2 aromatic carbocycles. The Morgan fingerprint density at radius 3 is 2.48 bits per heavy atom. The first-order chi connectivity index (χ1) is 13.6. The number of nitrogens with zero attached hydrogens (tertiary/aromatic N) is 2. The molecule has 29 heavy (non-hydrogen) atoms. The lowest BCUT2D eigenvalue weighted by Crippen LogP contribution is -2.41. The van der Waals surface area contributed by atoms with Crippen LogP contribution in [-0.2, 0) is 12.6 Å². The molecule has 0 saturated heterocycles. The van der Waals surface area contributed by atoms with Gasteiger partial charge in [0.05, 0.1) is 6.20 Å². The van der Waals surface area contributed by atoms with Crippen molar-refractivity contribution in [3.63, 3.8) is 0 Å². The molecule has 1 heterocycles. The Hall–Kier alpha value is -2.88. The maximum atomic E-state index is 14.1. The molecular weight excluding hydrogens is 389 g/mol. The van der Waals surface area contributed by atoms with E-state index in [0.29, 0.717) is 11.1 Å². The number of aryl methyl sites for hydroxylation is 1. The molecule has 0 amide bonds. The lowest BCUT2D eigenvalue weighted by molar-refractivity contribution is -0.246. The summed E-state index contributed by atoms with van der Waals surface area (Å²) in [5, 5.41) is 33.1. The number of benzene rings is 2. The number of aromatic nitrogens is 2. The smallest absolute Gasteiger partial charge is 0.425 e. The van der Waals surface area contributed by atoms with E-state index in [0.717, 1.165) is 6.07 Å². The molecule has 9 heteroatoms. The maximum absolute atomic E-state index is 14.1. The zero-order valence-electron chi connectivity index (χ0n) is 15.2. The van der Waals surface area contributed by atoms with Crippen molar-refractivity contribution in [3.8, 4) is 28.0 Å². The minimum Gasteiger partial charge on any atom is -0.488 e. The maximum Gasteiger partial charge on any atom is 0.425 e. The van der Waals surface area contributed by atoms with Crippen LogP contribution in [0, 0.1) is 0 Å². The minimum absolute atomic E-state index is 0.0359. The standard InChI is InChI=1S/C20H17F3N2O4/c1-25-9-11(8-24-25)14-6-12(29-10-17(26)27)7-16-18(14)13-4-2-3-5-15(13)19(16,28)20(21,22)23/h2-9,17,26-28H,10H2,1H3. The van der Waals surface area contributed by atoms with E-state index in [1.165, 1.54) is 35.1 Å². The van der Waals surface area contributed by atoms with E-state index < -0.39 is 24.7 Å². The summed E-state index contributed by atoms with van der Waals surface area (Å²) >= 11 is 0. The molecule has 0 spiro atoms. The van der Waals surface area contributed by atoms with Crippen LogP contribution in [0.5, 0.6) is 5.75 Å². The molecule has 1 atom stereocenters. The second-order valence-corrected chi connectivity index (χ2v) is 6.84. The summed E-state index contributed by atoms with van der Waals surface area (Å²) < 4.78 is 49.1. The van der Waals surface area contributed by atoms with Crippen molar-refractivity contribution < 1.29 is 33.2 Å². The Bertz CT molecular complexity index is 1080. The van der Waals surface area contributed by atoms with E-state index in [9.17, 15) is 18.3 Å². The molecule has 0 aliphatic heterocycles. The fraction of sp³-hybridized carbons (Fsp3) is 0.250. The number of aliphatic hydroxyl groups excluding tert-OH is 1. The second-order valence-electron chi connectivity index (χ2n) is 6.84. The highest BCUT2D eigenvalue weighted by Gasteiger charge is 2.61. The Morgan fingerprint density at radius 2 is 1.86 bits per heavy atom. The van der Waals surface area contributed by atoms with Crippen LogP contribution < -0.4 is 4.74 Å². The van der Waals surface area contributed by atoms with Gasteiger partial charge in [0.1, 0.15) is 12.4 Å². The van der Waals surface area contributed by atoms with Crippen LogP contribution in [0.25, 0.3) is 22.3 Å².